The van der Waals surface area contributed by atoms with Crippen LogP contribution in [0.4, 0.5) is 34.1 Å². The maximum Gasteiger partial charge on any atom is 1.00 e. The zero-order chi connectivity index (χ0) is 40.0. The minimum absolute atomic E-state index is 0. The van der Waals surface area contributed by atoms with Gasteiger partial charge >= 0.3 is 88.7 Å². The Morgan fingerprint density at radius 2 is 1.07 bits per heavy atom. The molecule has 0 radical (unpaired) electrons. The first-order chi connectivity index (χ1) is 26.5. The van der Waals surface area contributed by atoms with Gasteiger partial charge in [-0.05, 0) is 84.4 Å². The van der Waals surface area contributed by atoms with E-state index in [1.54, 1.807) is 30.3 Å². The number of nitrogens with one attached hydrogen (secondary N) is 1. The summed E-state index contributed by atoms with van der Waals surface area (Å²) in [7, 11) is -15.1. The van der Waals surface area contributed by atoms with Gasteiger partial charge in [0.1, 0.15) is 36.1 Å². The van der Waals surface area contributed by atoms with Crippen molar-refractivity contribution in [3.63, 3.8) is 0 Å². The van der Waals surface area contributed by atoms with Crippen LogP contribution in [0, 0.1) is 0 Å². The molecule has 17 nitrogen and oxygen atoms in total. The van der Waals surface area contributed by atoms with E-state index in [2.05, 4.69) is 31.0 Å². The number of nitrogen functional groups attached to an aromatic ring is 1. The molecule has 0 amide bonds. The molecule has 0 aliphatic heterocycles. The van der Waals surface area contributed by atoms with E-state index in [0.29, 0.717) is 11.1 Å². The van der Waals surface area contributed by atoms with Crippen molar-refractivity contribution in [1.29, 1.82) is 0 Å². The number of Topliss-reactive ketones (excluding diaryl/α,β-unsaturated/α-hetero) is 1. The maximum absolute atomic E-state index is 13.4. The first kappa shape index (κ1) is 48.1. The number of ketones is 1. The fourth-order valence-corrected chi connectivity index (χ4v) is 7.39. The Hall–Kier alpha value is -3.55. The van der Waals surface area contributed by atoms with Crippen LogP contribution in [0.3, 0.4) is 0 Å². The summed E-state index contributed by atoms with van der Waals surface area (Å²) in [6, 6.07) is 25.4. The van der Waals surface area contributed by atoms with Gasteiger partial charge in [-0.1, -0.05) is 36.4 Å². The molecule has 6 aromatic rings. The fourth-order valence-electron chi connectivity index (χ4n) is 5.75. The monoisotopic (exact) mass is 877 g/mol. The molecule has 3 N–H and O–H groups in total. The Kier molecular flexibility index (Phi) is 15.5. The van der Waals surface area contributed by atoms with Gasteiger partial charge in [-0.3, -0.25) is 10.2 Å². The van der Waals surface area contributed by atoms with Crippen molar-refractivity contribution in [1.82, 2.24) is 0 Å². The van der Waals surface area contributed by atoms with Crippen LogP contribution < -0.4 is 99.8 Å². The predicted molar refractivity (Wildman–Crippen MR) is 203 cm³/mol. The average Bonchev–Trinajstić information content (AvgIpc) is 3.15. The van der Waals surface area contributed by atoms with Gasteiger partial charge in [0.2, 0.25) is 5.78 Å². The molecule has 0 saturated carbocycles. The minimum atomic E-state index is -5.23. The summed E-state index contributed by atoms with van der Waals surface area (Å²) in [6.07, 6.45) is 0.978. The molecular formula is C36H22N7Na3O10S3. The van der Waals surface area contributed by atoms with Crippen molar-refractivity contribution >= 4 is 104 Å². The van der Waals surface area contributed by atoms with Crippen LogP contribution in [0.15, 0.2) is 149 Å². The maximum atomic E-state index is 13.4. The second kappa shape index (κ2) is 19.0. The number of hydrogen-bond acceptors (Lipinski definition) is 17. The Bertz CT molecular complexity index is 3130. The Labute approximate surface area is 403 Å². The number of azo groups is 2. The van der Waals surface area contributed by atoms with Gasteiger partial charge in [-0.2, -0.15) is 10.2 Å². The summed E-state index contributed by atoms with van der Waals surface area (Å²) in [5, 5.41) is 21.8. The summed E-state index contributed by atoms with van der Waals surface area (Å²) >= 11 is 0. The van der Waals surface area contributed by atoms with E-state index >= 15 is 0 Å². The molecule has 1 aliphatic carbocycles. The van der Waals surface area contributed by atoms with Crippen molar-refractivity contribution in [2.75, 3.05) is 11.2 Å². The molecule has 6 aromatic carbocycles. The van der Waals surface area contributed by atoms with Crippen molar-refractivity contribution in [2.45, 2.75) is 9.79 Å². The van der Waals surface area contributed by atoms with Crippen LogP contribution in [0.2, 0.25) is 0 Å². The first-order valence-corrected chi connectivity index (χ1v) is 20.1. The number of hydrazone groups is 1. The van der Waals surface area contributed by atoms with Crippen LogP contribution in [0.5, 0.6) is 0 Å². The number of anilines is 2. The summed E-state index contributed by atoms with van der Waals surface area (Å²) < 4.78 is 108. The number of nitrogens with zero attached hydrogens (tertiary/aromatic N) is 5. The molecule has 0 heterocycles. The van der Waals surface area contributed by atoms with E-state index in [4.69, 9.17) is 5.73 Å². The fraction of sp³-hybridized carbons (Fsp3) is 0. The molecule has 1 aliphatic rings. The van der Waals surface area contributed by atoms with Crippen molar-refractivity contribution in [2.24, 2.45) is 25.6 Å². The zero-order valence-electron chi connectivity index (χ0n) is 31.1. The van der Waals surface area contributed by atoms with Gasteiger partial charge in [0, 0.05) is 32.8 Å². The number of allylic oxidation sites excluding steroid dienone is 1. The standard InChI is InChI=1S/C36H25N7O10S3.3Na/c37-21-7-6-20-16-34(56(51,52)53)35(36(44)27(20)17-21)43-42-33-15-13-31(26-11-9-24(19-29(26)33)55(48,49)50)41-40-30-12-14-32(39-38-22-4-2-1-3-5-22)28-18-23(54(45,46)47)8-10-25(28)30;;;/h1-19,42H,37H2,(H,45,46,47)(H,48,49,50)(H,51,52,53);;;/q;3*+1/p-3. The third-order valence-electron chi connectivity index (χ3n) is 8.39. The summed E-state index contributed by atoms with van der Waals surface area (Å²) in [5.74, 6) is -0.936. The zero-order valence-corrected chi connectivity index (χ0v) is 39.5. The number of rotatable bonds is 9. The van der Waals surface area contributed by atoms with E-state index in [-0.39, 0.29) is 144 Å². The van der Waals surface area contributed by atoms with E-state index < -0.39 is 56.5 Å². The molecule has 23 heteroatoms. The second-order valence-electron chi connectivity index (χ2n) is 12.0. The van der Waals surface area contributed by atoms with Gasteiger partial charge in [-0.15, -0.1) is 15.3 Å². The summed E-state index contributed by atoms with van der Waals surface area (Å²) in [4.78, 5) is 11.3. The number of hydrogen-bond donors (Lipinski definition) is 2. The molecule has 282 valence electrons. The first-order valence-electron chi connectivity index (χ1n) is 15.9. The normalized spacial score (nSPS) is 13.8. The van der Waals surface area contributed by atoms with Gasteiger partial charge in [0.05, 0.1) is 43.1 Å². The number of fused-ring (bicyclic) bond motifs is 3. The van der Waals surface area contributed by atoms with Gasteiger partial charge in [-0.25, -0.2) is 25.3 Å². The topological polar surface area (TPSA) is 289 Å². The number of benzene rings is 6. The predicted octanol–water partition coefficient (Wildman–Crippen LogP) is -2.22. The van der Waals surface area contributed by atoms with E-state index in [9.17, 15) is 43.7 Å². The van der Waals surface area contributed by atoms with Crippen molar-refractivity contribution < 1.29 is 132 Å². The number of carbonyl (C=O) groups is 1. The van der Waals surface area contributed by atoms with Crippen LogP contribution in [0.25, 0.3) is 27.6 Å². The van der Waals surface area contributed by atoms with Gasteiger partial charge in [0.15, 0.2) is 0 Å². The Balaban J connectivity index is 0.00000256. The molecule has 0 unspecified atom stereocenters. The molecule has 59 heavy (non-hydrogen) atoms. The molecule has 0 saturated heterocycles. The van der Waals surface area contributed by atoms with Crippen LogP contribution in [0.1, 0.15) is 15.9 Å². The van der Waals surface area contributed by atoms with Crippen molar-refractivity contribution in [3.05, 3.63) is 125 Å². The van der Waals surface area contributed by atoms with Gasteiger partial charge in [0.25, 0.3) is 0 Å². The second-order valence-corrected chi connectivity index (χ2v) is 16.1. The van der Waals surface area contributed by atoms with Crippen LogP contribution in [-0.2, 0) is 30.4 Å². The van der Waals surface area contributed by atoms with E-state index in [0.717, 1.165) is 30.3 Å². The average molecular weight is 878 g/mol. The molecule has 0 aromatic heterocycles. The molecule has 0 fully saturated rings. The quantitative estimate of drug-likeness (QED) is 0.0514. The largest absolute Gasteiger partial charge is 1.00 e. The SMILES string of the molecule is Nc1ccc2c(c1)C(=O)C(=NNc1ccc(N=Nc3ccc(N=Nc4ccccc4)c4cc(S(=O)(=O)[O-])ccc34)c3ccc(S(=O)(=O)[O-])cc13)C(S(=O)(=O)[O-])=C2.[Na+].[Na+].[Na+]. The van der Waals surface area contributed by atoms with Crippen molar-refractivity contribution in [3.8, 4) is 0 Å². The molecular weight excluding hydrogens is 856 g/mol. The number of nitrogens with two attached hydrogens (primary N) is 1. The minimum Gasteiger partial charge on any atom is -0.744 e. The van der Waals surface area contributed by atoms with Gasteiger partial charge < -0.3 is 19.4 Å². The van der Waals surface area contributed by atoms with E-state index in [1.165, 1.54) is 54.6 Å². The third kappa shape index (κ3) is 10.7. The van der Waals surface area contributed by atoms with Crippen LogP contribution in [-0.4, -0.2) is 50.4 Å². The number of carbonyl (C=O) groups excluding carboxylic acids is 1. The molecule has 0 bridgehead atoms. The van der Waals surface area contributed by atoms with Crippen LogP contribution >= 0.6 is 0 Å². The molecule has 0 spiro atoms. The molecule has 7 rings (SSSR count). The molecule has 0 atom stereocenters. The summed E-state index contributed by atoms with van der Waals surface area (Å²) in [6.45, 7) is 0. The summed E-state index contributed by atoms with van der Waals surface area (Å²) in [5.41, 5.74) is 8.85. The van der Waals surface area contributed by atoms with E-state index in [1.807, 2.05) is 0 Å². The third-order valence-corrected chi connectivity index (χ3v) is 10.9. The smallest absolute Gasteiger partial charge is 0.744 e. The Morgan fingerprint density at radius 3 is 1.64 bits per heavy atom. The Morgan fingerprint density at radius 1 is 0.542 bits per heavy atom.